The highest BCUT2D eigenvalue weighted by atomic mass is 32.2. The van der Waals surface area contributed by atoms with Gasteiger partial charge in [0.1, 0.15) is 0 Å². The molecule has 0 atom stereocenters. The highest BCUT2D eigenvalue weighted by Crippen LogP contribution is 2.25. The number of nitrogens with two attached hydrogens (primary N) is 1. The summed E-state index contributed by atoms with van der Waals surface area (Å²) in [5.74, 6) is 0.742. The van der Waals surface area contributed by atoms with E-state index in [1.807, 2.05) is 6.07 Å². The molecule has 2 aromatic carbocycles. The lowest BCUT2D eigenvalue weighted by Crippen LogP contribution is -2.10. The zero-order valence-electron chi connectivity index (χ0n) is 11.2. The van der Waals surface area contributed by atoms with Gasteiger partial charge in [0.05, 0.1) is 4.92 Å². The second kappa shape index (κ2) is 6.90. The molecule has 108 valence electrons. The number of nitro benzene ring substituents is 1. The van der Waals surface area contributed by atoms with E-state index in [9.17, 15) is 14.9 Å². The minimum absolute atomic E-state index is 0.135. The predicted octanol–water partition coefficient (Wildman–Crippen LogP) is 3.13. The molecule has 0 heterocycles. The number of hydrogen-bond acceptors (Lipinski definition) is 4. The van der Waals surface area contributed by atoms with E-state index in [0.717, 1.165) is 5.56 Å². The number of primary amides is 1. The number of amides is 1. The molecule has 0 saturated heterocycles. The van der Waals surface area contributed by atoms with E-state index in [4.69, 9.17) is 5.73 Å². The fourth-order valence-corrected chi connectivity index (χ4v) is 2.89. The molecule has 5 nitrogen and oxygen atoms in total. The lowest BCUT2D eigenvalue weighted by molar-refractivity contribution is -0.385. The van der Waals surface area contributed by atoms with Crippen molar-refractivity contribution in [2.45, 2.75) is 11.5 Å². The van der Waals surface area contributed by atoms with Crippen molar-refractivity contribution in [1.82, 2.24) is 0 Å². The van der Waals surface area contributed by atoms with Crippen LogP contribution in [0.2, 0.25) is 0 Å². The summed E-state index contributed by atoms with van der Waals surface area (Å²) in [5.41, 5.74) is 7.50. The number of rotatable bonds is 6. The Labute approximate surface area is 126 Å². The van der Waals surface area contributed by atoms with Gasteiger partial charge in [-0.2, -0.15) is 11.8 Å². The third-order valence-electron chi connectivity index (χ3n) is 2.93. The van der Waals surface area contributed by atoms with Gasteiger partial charge in [-0.1, -0.05) is 30.3 Å². The van der Waals surface area contributed by atoms with Gasteiger partial charge in [0.15, 0.2) is 0 Å². The molecule has 2 rings (SSSR count). The van der Waals surface area contributed by atoms with E-state index in [0.29, 0.717) is 22.6 Å². The zero-order chi connectivity index (χ0) is 15.2. The van der Waals surface area contributed by atoms with Gasteiger partial charge in [-0.25, -0.2) is 0 Å². The van der Waals surface area contributed by atoms with Crippen LogP contribution in [0.25, 0.3) is 0 Å². The fourth-order valence-electron chi connectivity index (χ4n) is 1.90. The third-order valence-corrected chi connectivity index (χ3v) is 3.98. The van der Waals surface area contributed by atoms with E-state index in [2.05, 4.69) is 0 Å². The second-order valence-electron chi connectivity index (χ2n) is 4.44. The normalized spacial score (nSPS) is 10.3. The van der Waals surface area contributed by atoms with Crippen LogP contribution in [-0.2, 0) is 11.5 Å². The minimum Gasteiger partial charge on any atom is -0.366 e. The van der Waals surface area contributed by atoms with Crippen LogP contribution in [0.15, 0.2) is 48.5 Å². The number of carbonyl (C=O) groups is 1. The molecule has 0 bridgehead atoms. The average Bonchev–Trinajstić information content (AvgIpc) is 2.48. The number of benzene rings is 2. The van der Waals surface area contributed by atoms with Crippen LogP contribution in [0.1, 0.15) is 21.5 Å². The Morgan fingerprint density at radius 3 is 2.62 bits per heavy atom. The van der Waals surface area contributed by atoms with Gasteiger partial charge < -0.3 is 5.73 Å². The Morgan fingerprint density at radius 2 is 1.90 bits per heavy atom. The minimum atomic E-state index is -0.458. The first-order valence-electron chi connectivity index (χ1n) is 6.26. The van der Waals surface area contributed by atoms with Crippen LogP contribution in [0.5, 0.6) is 0 Å². The van der Waals surface area contributed by atoms with Crippen LogP contribution in [0.4, 0.5) is 5.69 Å². The van der Waals surface area contributed by atoms with Crippen molar-refractivity contribution in [2.24, 2.45) is 5.73 Å². The summed E-state index contributed by atoms with van der Waals surface area (Å²) in [4.78, 5) is 21.7. The van der Waals surface area contributed by atoms with Crippen molar-refractivity contribution in [3.8, 4) is 0 Å². The van der Waals surface area contributed by atoms with Crippen molar-refractivity contribution in [3.63, 3.8) is 0 Å². The number of para-hydroxylation sites is 1. The summed E-state index contributed by atoms with van der Waals surface area (Å²) in [5, 5.41) is 10.9. The third kappa shape index (κ3) is 4.06. The Morgan fingerprint density at radius 1 is 1.14 bits per heavy atom. The lowest BCUT2D eigenvalue weighted by Gasteiger charge is -2.04. The van der Waals surface area contributed by atoms with E-state index >= 15 is 0 Å². The van der Waals surface area contributed by atoms with Crippen LogP contribution in [0.3, 0.4) is 0 Å². The van der Waals surface area contributed by atoms with Crippen LogP contribution in [0, 0.1) is 10.1 Å². The fraction of sp³-hybridized carbons (Fsp3) is 0.133. The number of nitro groups is 1. The molecule has 0 aliphatic carbocycles. The SMILES string of the molecule is NC(=O)c1cccc(CSCc2ccccc2[N+](=O)[O-])c1. The number of hydrogen-bond donors (Lipinski definition) is 1. The van der Waals surface area contributed by atoms with Crippen LogP contribution >= 0.6 is 11.8 Å². The van der Waals surface area contributed by atoms with Gasteiger partial charge in [-0.3, -0.25) is 14.9 Å². The summed E-state index contributed by atoms with van der Waals surface area (Å²) in [6, 6.07) is 13.8. The molecule has 21 heavy (non-hydrogen) atoms. The molecular weight excluding hydrogens is 288 g/mol. The highest BCUT2D eigenvalue weighted by molar-refractivity contribution is 7.97. The first-order chi connectivity index (χ1) is 10.1. The smallest absolute Gasteiger partial charge is 0.273 e. The summed E-state index contributed by atoms with van der Waals surface area (Å²) >= 11 is 1.55. The van der Waals surface area contributed by atoms with Crippen molar-refractivity contribution in [3.05, 3.63) is 75.3 Å². The number of thioether (sulfide) groups is 1. The van der Waals surface area contributed by atoms with E-state index in [1.54, 1.807) is 48.2 Å². The second-order valence-corrected chi connectivity index (χ2v) is 5.43. The van der Waals surface area contributed by atoms with E-state index < -0.39 is 5.91 Å². The van der Waals surface area contributed by atoms with Gasteiger partial charge >= 0.3 is 0 Å². The highest BCUT2D eigenvalue weighted by Gasteiger charge is 2.11. The molecule has 0 aliphatic rings. The van der Waals surface area contributed by atoms with Crippen molar-refractivity contribution in [2.75, 3.05) is 0 Å². The van der Waals surface area contributed by atoms with Crippen LogP contribution in [-0.4, -0.2) is 10.8 Å². The van der Waals surface area contributed by atoms with Gasteiger partial charge in [-0.15, -0.1) is 0 Å². The van der Waals surface area contributed by atoms with E-state index in [1.165, 1.54) is 6.07 Å². The lowest BCUT2D eigenvalue weighted by atomic mass is 10.1. The molecule has 0 aromatic heterocycles. The predicted molar refractivity (Wildman–Crippen MR) is 83.1 cm³/mol. The Balaban J connectivity index is 2.00. The first-order valence-corrected chi connectivity index (χ1v) is 7.42. The van der Waals surface area contributed by atoms with Gasteiger partial charge in [0.2, 0.25) is 5.91 Å². The van der Waals surface area contributed by atoms with E-state index in [-0.39, 0.29) is 10.6 Å². The molecule has 0 unspecified atom stereocenters. The summed E-state index contributed by atoms with van der Waals surface area (Å²) in [6.45, 7) is 0. The molecular formula is C15H14N2O3S. The van der Waals surface area contributed by atoms with Crippen molar-refractivity contribution >= 4 is 23.4 Å². The molecule has 0 spiro atoms. The molecule has 1 amide bonds. The maximum Gasteiger partial charge on any atom is 0.273 e. The largest absolute Gasteiger partial charge is 0.366 e. The molecule has 6 heteroatoms. The van der Waals surface area contributed by atoms with Crippen molar-refractivity contribution in [1.29, 1.82) is 0 Å². The number of nitrogens with zero attached hydrogens (tertiary/aromatic N) is 1. The maximum atomic E-state index is 11.1. The van der Waals surface area contributed by atoms with Gasteiger partial charge in [0, 0.05) is 28.7 Å². The Bertz CT molecular complexity index is 673. The Kier molecular flexibility index (Phi) is 4.94. The monoisotopic (exact) mass is 302 g/mol. The standard InChI is InChI=1S/C15H14N2O3S/c16-15(18)12-6-3-4-11(8-12)9-21-10-13-5-1-2-7-14(13)17(19)20/h1-8H,9-10H2,(H2,16,18). The van der Waals surface area contributed by atoms with Crippen LogP contribution < -0.4 is 5.73 Å². The van der Waals surface area contributed by atoms with Gasteiger partial charge in [0.25, 0.3) is 5.69 Å². The molecule has 0 fully saturated rings. The summed E-state index contributed by atoms with van der Waals surface area (Å²) in [6.07, 6.45) is 0. The zero-order valence-corrected chi connectivity index (χ0v) is 12.0. The quantitative estimate of drug-likeness (QED) is 0.656. The Hall–Kier alpha value is -2.34. The number of carbonyl (C=O) groups excluding carboxylic acids is 1. The molecule has 2 N–H and O–H groups in total. The average molecular weight is 302 g/mol. The van der Waals surface area contributed by atoms with Gasteiger partial charge in [-0.05, 0) is 17.7 Å². The van der Waals surface area contributed by atoms with Crippen molar-refractivity contribution < 1.29 is 9.72 Å². The molecule has 0 saturated carbocycles. The molecule has 0 aliphatic heterocycles. The molecule has 0 radical (unpaired) electrons. The topological polar surface area (TPSA) is 86.2 Å². The first kappa shape index (κ1) is 15.1. The maximum absolute atomic E-state index is 11.1. The summed E-state index contributed by atoms with van der Waals surface area (Å²) in [7, 11) is 0. The summed E-state index contributed by atoms with van der Waals surface area (Å²) < 4.78 is 0. The molecule has 2 aromatic rings.